The quantitative estimate of drug-likeness (QED) is 0.528. The van der Waals surface area contributed by atoms with E-state index in [2.05, 4.69) is 5.32 Å². The first-order chi connectivity index (χ1) is 13.3. The lowest BCUT2D eigenvalue weighted by Crippen LogP contribution is -2.47. The summed E-state index contributed by atoms with van der Waals surface area (Å²) in [6, 6.07) is 4.02. The molecule has 1 atom stereocenters. The van der Waals surface area contributed by atoms with Gasteiger partial charge in [0.1, 0.15) is 17.7 Å². The van der Waals surface area contributed by atoms with E-state index in [1.165, 1.54) is 12.5 Å². The van der Waals surface area contributed by atoms with Gasteiger partial charge >= 0.3 is 5.97 Å². The van der Waals surface area contributed by atoms with Gasteiger partial charge in [0, 0.05) is 32.4 Å². The molecular weight excluding hydrogens is 364 g/mol. The first-order valence-corrected chi connectivity index (χ1v) is 9.04. The number of amides is 2. The number of furan rings is 1. The van der Waals surface area contributed by atoms with Gasteiger partial charge in [0.15, 0.2) is 5.76 Å². The van der Waals surface area contributed by atoms with Gasteiger partial charge in [-0.3, -0.25) is 9.59 Å². The maximum Gasteiger partial charge on any atom is 0.326 e. The molecule has 1 aliphatic rings. The van der Waals surface area contributed by atoms with E-state index in [9.17, 15) is 24.8 Å². The predicted molar refractivity (Wildman–Crippen MR) is 98.9 cm³/mol. The molecule has 1 aromatic rings. The van der Waals surface area contributed by atoms with Crippen LogP contribution in [0.1, 0.15) is 30.8 Å². The largest absolute Gasteiger partial charge is 0.480 e. The number of carbonyl (C=O) groups excluding carboxylic acids is 2. The third kappa shape index (κ3) is 5.61. The van der Waals surface area contributed by atoms with Crippen molar-refractivity contribution < 1.29 is 23.9 Å². The van der Waals surface area contributed by atoms with E-state index >= 15 is 0 Å². The van der Waals surface area contributed by atoms with E-state index in [4.69, 9.17) is 4.42 Å². The number of nitriles is 1. The van der Waals surface area contributed by atoms with Crippen molar-refractivity contribution in [2.75, 3.05) is 26.2 Å². The smallest absolute Gasteiger partial charge is 0.326 e. The Labute approximate surface area is 163 Å². The summed E-state index contributed by atoms with van der Waals surface area (Å²) in [4.78, 5) is 39.3. The topological polar surface area (TPSA) is 127 Å². The van der Waals surface area contributed by atoms with Crippen molar-refractivity contribution in [1.29, 1.82) is 5.26 Å². The Hall–Kier alpha value is -3.28. The second-order valence-electron chi connectivity index (χ2n) is 6.95. The van der Waals surface area contributed by atoms with E-state index in [0.29, 0.717) is 26.2 Å². The van der Waals surface area contributed by atoms with Crippen LogP contribution in [0.25, 0.3) is 0 Å². The van der Waals surface area contributed by atoms with Gasteiger partial charge in [-0.1, -0.05) is 13.8 Å². The maximum absolute atomic E-state index is 12.3. The number of nitrogens with one attached hydrogen (secondary N) is 1. The van der Waals surface area contributed by atoms with Gasteiger partial charge in [0.05, 0.1) is 6.26 Å². The van der Waals surface area contributed by atoms with E-state index in [1.807, 2.05) is 19.9 Å². The molecule has 1 unspecified atom stereocenters. The first-order valence-electron chi connectivity index (χ1n) is 9.04. The fourth-order valence-electron chi connectivity index (χ4n) is 2.86. The second-order valence-corrected chi connectivity index (χ2v) is 6.95. The fraction of sp³-hybridized carbons (Fsp3) is 0.474. The average molecular weight is 388 g/mol. The monoisotopic (exact) mass is 388 g/mol. The van der Waals surface area contributed by atoms with Crippen LogP contribution in [0.15, 0.2) is 34.6 Å². The van der Waals surface area contributed by atoms with Crippen LogP contribution in [0.5, 0.6) is 0 Å². The Morgan fingerprint density at radius 1 is 1.32 bits per heavy atom. The van der Waals surface area contributed by atoms with Gasteiger partial charge in [-0.25, -0.2) is 4.79 Å². The number of rotatable bonds is 7. The minimum atomic E-state index is -1.13. The highest BCUT2D eigenvalue weighted by Gasteiger charge is 2.25. The molecule has 28 heavy (non-hydrogen) atoms. The molecule has 2 N–H and O–H groups in total. The van der Waals surface area contributed by atoms with Crippen molar-refractivity contribution >= 4 is 17.8 Å². The molecule has 0 aromatic carbocycles. The minimum Gasteiger partial charge on any atom is -0.480 e. The van der Waals surface area contributed by atoms with Crippen molar-refractivity contribution in [1.82, 2.24) is 15.1 Å². The van der Waals surface area contributed by atoms with Gasteiger partial charge in [0.2, 0.25) is 0 Å². The summed E-state index contributed by atoms with van der Waals surface area (Å²) < 4.78 is 5.11. The number of hydrogen-bond donors (Lipinski definition) is 2. The summed E-state index contributed by atoms with van der Waals surface area (Å²) in [5.74, 6) is -1.71. The molecule has 0 spiro atoms. The van der Waals surface area contributed by atoms with Gasteiger partial charge in [-0.15, -0.1) is 0 Å². The third-order valence-corrected chi connectivity index (χ3v) is 4.32. The Kier molecular flexibility index (Phi) is 7.21. The van der Waals surface area contributed by atoms with Crippen LogP contribution in [0.2, 0.25) is 0 Å². The van der Waals surface area contributed by atoms with Crippen LogP contribution in [0.4, 0.5) is 0 Å². The van der Waals surface area contributed by atoms with Crippen molar-refractivity contribution in [3.8, 4) is 6.07 Å². The van der Waals surface area contributed by atoms with Crippen molar-refractivity contribution in [2.24, 2.45) is 5.92 Å². The van der Waals surface area contributed by atoms with Gasteiger partial charge in [-0.2, -0.15) is 5.26 Å². The zero-order chi connectivity index (χ0) is 20.7. The van der Waals surface area contributed by atoms with Crippen molar-refractivity contribution in [2.45, 2.75) is 26.3 Å². The predicted octanol–water partition coefficient (Wildman–Crippen LogP) is 1.06. The van der Waals surface area contributed by atoms with Crippen LogP contribution in [-0.2, 0) is 9.59 Å². The number of hydrogen-bond acceptors (Lipinski definition) is 6. The lowest BCUT2D eigenvalue weighted by atomic mass is 10.0. The average Bonchev–Trinajstić information content (AvgIpc) is 3.19. The highest BCUT2D eigenvalue weighted by Crippen LogP contribution is 2.11. The molecule has 1 saturated heterocycles. The summed E-state index contributed by atoms with van der Waals surface area (Å²) in [5.41, 5.74) is -0.166. The van der Waals surface area contributed by atoms with Gasteiger partial charge in [-0.05, 0) is 24.5 Å². The van der Waals surface area contributed by atoms with Crippen LogP contribution in [0.3, 0.4) is 0 Å². The molecule has 0 radical (unpaired) electrons. The first kappa shape index (κ1) is 21.0. The highest BCUT2D eigenvalue weighted by molar-refractivity contribution is 5.99. The number of carbonyl (C=O) groups is 3. The van der Waals surface area contributed by atoms with Gasteiger partial charge < -0.3 is 24.6 Å². The van der Waals surface area contributed by atoms with Crippen molar-refractivity contribution in [3.05, 3.63) is 35.9 Å². The maximum atomic E-state index is 12.3. The number of nitrogens with zero attached hydrogens (tertiary/aromatic N) is 3. The number of carboxylic acid groups (broad SMARTS) is 1. The summed E-state index contributed by atoms with van der Waals surface area (Å²) in [6.45, 7) is 5.43. The SMILES string of the molecule is CC(C)CC(NC(=O)/C(C#N)=C\N1CCN(C(=O)c2ccco2)CC1)C(=O)O. The molecule has 1 aromatic heterocycles. The zero-order valence-corrected chi connectivity index (χ0v) is 15.9. The van der Waals surface area contributed by atoms with Crippen LogP contribution in [-0.4, -0.2) is 64.9 Å². The lowest BCUT2D eigenvalue weighted by Gasteiger charge is -2.33. The lowest BCUT2D eigenvalue weighted by molar-refractivity contribution is -0.141. The molecular formula is C19H24N4O5. The Morgan fingerprint density at radius 3 is 2.50 bits per heavy atom. The molecule has 1 aliphatic heterocycles. The van der Waals surface area contributed by atoms with Crippen LogP contribution in [0, 0.1) is 17.2 Å². The standard InChI is InChI=1S/C19H24N4O5/c1-13(2)10-15(19(26)27)21-17(24)14(11-20)12-22-5-7-23(8-6-22)18(25)16-4-3-9-28-16/h3-4,9,12-13,15H,5-8,10H2,1-2H3,(H,21,24)(H,26,27)/b14-12-. The molecule has 0 saturated carbocycles. The van der Waals surface area contributed by atoms with Crippen LogP contribution < -0.4 is 5.32 Å². The molecule has 2 heterocycles. The summed E-state index contributed by atoms with van der Waals surface area (Å²) >= 11 is 0. The van der Waals surface area contributed by atoms with Crippen molar-refractivity contribution in [3.63, 3.8) is 0 Å². The van der Waals surface area contributed by atoms with E-state index in [1.54, 1.807) is 21.9 Å². The zero-order valence-electron chi connectivity index (χ0n) is 15.9. The molecule has 9 heteroatoms. The Bertz CT molecular complexity index is 771. The molecule has 1 fully saturated rings. The summed E-state index contributed by atoms with van der Waals surface area (Å²) in [5, 5.41) is 20.9. The molecule has 2 amide bonds. The van der Waals surface area contributed by atoms with Crippen LogP contribution >= 0.6 is 0 Å². The third-order valence-electron chi connectivity index (χ3n) is 4.32. The molecule has 9 nitrogen and oxygen atoms in total. The molecule has 0 aliphatic carbocycles. The fourth-order valence-corrected chi connectivity index (χ4v) is 2.86. The number of piperazine rings is 1. The highest BCUT2D eigenvalue weighted by atomic mass is 16.4. The van der Waals surface area contributed by atoms with E-state index in [0.717, 1.165) is 0 Å². The number of aliphatic carboxylic acids is 1. The molecule has 2 rings (SSSR count). The number of carboxylic acids is 1. The van der Waals surface area contributed by atoms with Gasteiger partial charge in [0.25, 0.3) is 11.8 Å². The van der Waals surface area contributed by atoms with E-state index in [-0.39, 0.29) is 29.6 Å². The molecule has 0 bridgehead atoms. The van der Waals surface area contributed by atoms with E-state index < -0.39 is 17.9 Å². The minimum absolute atomic E-state index is 0.0793. The normalized spacial score (nSPS) is 15.9. The molecule has 150 valence electrons. The summed E-state index contributed by atoms with van der Waals surface area (Å²) in [7, 11) is 0. The summed E-state index contributed by atoms with van der Waals surface area (Å²) in [6.07, 6.45) is 3.12. The second kappa shape index (κ2) is 9.60. The Balaban J connectivity index is 1.95. The Morgan fingerprint density at radius 2 is 2.00 bits per heavy atom.